The molecule has 3 rings (SSSR count). The third kappa shape index (κ3) is 8.70. The first-order chi connectivity index (χ1) is 16.9. The van der Waals surface area contributed by atoms with E-state index in [1.54, 1.807) is 30.3 Å². The van der Waals surface area contributed by atoms with Gasteiger partial charge in [0.15, 0.2) is 11.7 Å². The molecular formula is C26H26BrN3O4S. The Balaban J connectivity index is 1.40. The number of nitrogens with one attached hydrogen (secondary N) is 3. The molecule has 0 saturated heterocycles. The summed E-state index contributed by atoms with van der Waals surface area (Å²) in [6, 6.07) is 22.5. The maximum Gasteiger partial charge on any atom is 0.276 e. The zero-order chi connectivity index (χ0) is 25.0. The van der Waals surface area contributed by atoms with Crippen LogP contribution in [-0.4, -0.2) is 30.1 Å². The van der Waals surface area contributed by atoms with E-state index in [0.717, 1.165) is 22.9 Å². The maximum absolute atomic E-state index is 12.5. The SMILES string of the molecule is CCc1ccc(OCC(=O)NNC(=S)NC(=O)c2cccc(OCCc3ccccc3)c2)c(Br)c1. The molecule has 9 heteroatoms. The molecule has 0 aliphatic rings. The van der Waals surface area contributed by atoms with Crippen molar-refractivity contribution in [3.63, 3.8) is 0 Å². The van der Waals surface area contributed by atoms with E-state index in [2.05, 4.69) is 39.0 Å². The number of carbonyl (C=O) groups excluding carboxylic acids is 2. The van der Waals surface area contributed by atoms with Gasteiger partial charge >= 0.3 is 0 Å². The fourth-order valence-electron chi connectivity index (χ4n) is 3.05. The van der Waals surface area contributed by atoms with Crippen molar-refractivity contribution in [2.45, 2.75) is 19.8 Å². The molecule has 0 aromatic heterocycles. The Morgan fingerprint density at radius 3 is 2.46 bits per heavy atom. The normalized spacial score (nSPS) is 10.2. The van der Waals surface area contributed by atoms with Crippen molar-refractivity contribution in [2.24, 2.45) is 0 Å². The number of halogens is 1. The number of hydrogen-bond donors (Lipinski definition) is 3. The topological polar surface area (TPSA) is 88.7 Å². The van der Waals surface area contributed by atoms with E-state index < -0.39 is 11.8 Å². The summed E-state index contributed by atoms with van der Waals surface area (Å²) in [7, 11) is 0. The number of hydrogen-bond acceptors (Lipinski definition) is 5. The van der Waals surface area contributed by atoms with Gasteiger partial charge < -0.3 is 9.47 Å². The Morgan fingerprint density at radius 1 is 0.914 bits per heavy atom. The summed E-state index contributed by atoms with van der Waals surface area (Å²) in [5.41, 5.74) is 7.60. The summed E-state index contributed by atoms with van der Waals surface area (Å²) in [6.07, 6.45) is 1.66. The summed E-state index contributed by atoms with van der Waals surface area (Å²) >= 11 is 8.52. The molecule has 7 nitrogen and oxygen atoms in total. The molecule has 0 fully saturated rings. The summed E-state index contributed by atoms with van der Waals surface area (Å²) in [4.78, 5) is 24.6. The predicted molar refractivity (Wildman–Crippen MR) is 142 cm³/mol. The Hall–Kier alpha value is -3.43. The average Bonchev–Trinajstić information content (AvgIpc) is 2.87. The molecule has 0 atom stereocenters. The van der Waals surface area contributed by atoms with E-state index in [4.69, 9.17) is 21.7 Å². The molecule has 0 saturated carbocycles. The number of thiocarbonyl (C=S) groups is 1. The first kappa shape index (κ1) is 26.2. The fourth-order valence-corrected chi connectivity index (χ4v) is 3.74. The molecule has 35 heavy (non-hydrogen) atoms. The van der Waals surface area contributed by atoms with Crippen LogP contribution in [0.4, 0.5) is 0 Å². The summed E-state index contributed by atoms with van der Waals surface area (Å²) < 4.78 is 12.0. The third-order valence-corrected chi connectivity index (χ3v) is 5.73. The molecule has 0 aliphatic heterocycles. The van der Waals surface area contributed by atoms with Gasteiger partial charge in [-0.05, 0) is 76.0 Å². The molecular weight excluding hydrogens is 530 g/mol. The molecule has 0 radical (unpaired) electrons. The second kappa shape index (κ2) is 13.5. The Kier molecular flexibility index (Phi) is 10.1. The van der Waals surface area contributed by atoms with Crippen LogP contribution in [0.3, 0.4) is 0 Å². The highest BCUT2D eigenvalue weighted by atomic mass is 79.9. The van der Waals surface area contributed by atoms with Gasteiger partial charge in [0.2, 0.25) is 0 Å². The first-order valence-corrected chi connectivity index (χ1v) is 12.2. The summed E-state index contributed by atoms with van der Waals surface area (Å²) in [5, 5.41) is 2.47. The minimum absolute atomic E-state index is 0.0489. The van der Waals surface area contributed by atoms with Gasteiger partial charge in [0.25, 0.3) is 11.8 Å². The predicted octanol–water partition coefficient (Wildman–Crippen LogP) is 4.35. The summed E-state index contributed by atoms with van der Waals surface area (Å²) in [6.45, 7) is 2.32. The van der Waals surface area contributed by atoms with E-state index in [1.165, 1.54) is 5.56 Å². The lowest BCUT2D eigenvalue weighted by atomic mass is 10.2. The average molecular weight is 556 g/mol. The lowest BCUT2D eigenvalue weighted by Crippen LogP contribution is -2.49. The van der Waals surface area contributed by atoms with Gasteiger partial charge in [0, 0.05) is 12.0 Å². The number of ether oxygens (including phenoxy) is 2. The zero-order valence-electron chi connectivity index (χ0n) is 19.2. The molecule has 0 heterocycles. The van der Waals surface area contributed by atoms with Gasteiger partial charge in [-0.25, -0.2) is 0 Å². The smallest absolute Gasteiger partial charge is 0.276 e. The highest BCUT2D eigenvalue weighted by Gasteiger charge is 2.11. The van der Waals surface area contributed by atoms with Crippen LogP contribution >= 0.6 is 28.1 Å². The van der Waals surface area contributed by atoms with Crippen LogP contribution in [-0.2, 0) is 17.6 Å². The van der Waals surface area contributed by atoms with Crippen LogP contribution in [0.5, 0.6) is 11.5 Å². The van der Waals surface area contributed by atoms with E-state index in [0.29, 0.717) is 23.7 Å². The number of amides is 2. The number of hydrazine groups is 1. The standard InChI is InChI=1S/C26H26BrN3O4S/c1-2-18-11-12-23(22(27)15-18)34-17-24(31)29-30-26(35)28-25(32)20-9-6-10-21(16-20)33-14-13-19-7-4-3-5-8-19/h3-12,15-16H,2,13-14,17H2,1H3,(H,29,31)(H2,28,30,32,35). The van der Waals surface area contributed by atoms with Crippen molar-refractivity contribution in [2.75, 3.05) is 13.2 Å². The van der Waals surface area contributed by atoms with Gasteiger partial charge in [-0.1, -0.05) is 49.4 Å². The van der Waals surface area contributed by atoms with Crippen molar-refractivity contribution >= 4 is 45.1 Å². The van der Waals surface area contributed by atoms with E-state index in [1.807, 2.05) is 42.5 Å². The summed E-state index contributed by atoms with van der Waals surface area (Å²) in [5.74, 6) is 0.249. The Morgan fingerprint density at radius 2 is 1.71 bits per heavy atom. The molecule has 2 amide bonds. The highest BCUT2D eigenvalue weighted by molar-refractivity contribution is 9.10. The molecule has 3 aromatic carbocycles. The molecule has 0 aliphatic carbocycles. The van der Waals surface area contributed by atoms with Gasteiger partial charge in [-0.2, -0.15) is 0 Å². The van der Waals surface area contributed by atoms with Gasteiger partial charge in [-0.3, -0.25) is 25.8 Å². The number of aryl methyl sites for hydroxylation is 1. The molecule has 0 spiro atoms. The van der Waals surface area contributed by atoms with E-state index in [9.17, 15) is 9.59 Å². The van der Waals surface area contributed by atoms with Crippen molar-refractivity contribution in [3.05, 3.63) is 94.0 Å². The molecule has 3 N–H and O–H groups in total. The molecule has 3 aromatic rings. The zero-order valence-corrected chi connectivity index (χ0v) is 21.6. The molecule has 182 valence electrons. The lowest BCUT2D eigenvalue weighted by Gasteiger charge is -2.13. The number of rotatable bonds is 9. The Labute approximate surface area is 218 Å². The fraction of sp³-hybridized carbons (Fsp3) is 0.192. The first-order valence-electron chi connectivity index (χ1n) is 11.0. The monoisotopic (exact) mass is 555 g/mol. The minimum Gasteiger partial charge on any atom is -0.493 e. The largest absolute Gasteiger partial charge is 0.493 e. The van der Waals surface area contributed by atoms with Crippen molar-refractivity contribution in [1.29, 1.82) is 0 Å². The van der Waals surface area contributed by atoms with Crippen LogP contribution in [0.2, 0.25) is 0 Å². The highest BCUT2D eigenvalue weighted by Crippen LogP contribution is 2.26. The van der Waals surface area contributed by atoms with E-state index in [-0.39, 0.29) is 11.7 Å². The van der Waals surface area contributed by atoms with Crippen molar-refractivity contribution in [1.82, 2.24) is 16.2 Å². The van der Waals surface area contributed by atoms with Gasteiger partial charge in [0.05, 0.1) is 11.1 Å². The molecule has 0 unspecified atom stereocenters. The van der Waals surface area contributed by atoms with Crippen LogP contribution in [0.15, 0.2) is 77.3 Å². The quantitative estimate of drug-likeness (QED) is 0.269. The van der Waals surface area contributed by atoms with E-state index >= 15 is 0 Å². The van der Waals surface area contributed by atoms with Crippen LogP contribution in [0.25, 0.3) is 0 Å². The Bertz CT molecular complexity index is 1170. The third-order valence-electron chi connectivity index (χ3n) is 4.90. The van der Waals surface area contributed by atoms with Gasteiger partial charge in [-0.15, -0.1) is 0 Å². The minimum atomic E-state index is -0.457. The van der Waals surface area contributed by atoms with Crippen molar-refractivity contribution in [3.8, 4) is 11.5 Å². The second-order valence-corrected chi connectivity index (χ2v) is 8.74. The molecule has 0 bridgehead atoms. The number of carbonyl (C=O) groups is 2. The van der Waals surface area contributed by atoms with Crippen molar-refractivity contribution < 1.29 is 19.1 Å². The van der Waals surface area contributed by atoms with Crippen LogP contribution in [0, 0.1) is 0 Å². The maximum atomic E-state index is 12.5. The number of benzene rings is 3. The van der Waals surface area contributed by atoms with Gasteiger partial charge in [0.1, 0.15) is 11.5 Å². The second-order valence-electron chi connectivity index (χ2n) is 7.48. The van der Waals surface area contributed by atoms with Crippen LogP contribution in [0.1, 0.15) is 28.4 Å². The lowest BCUT2D eigenvalue weighted by molar-refractivity contribution is -0.123. The van der Waals surface area contributed by atoms with Crippen LogP contribution < -0.4 is 25.6 Å².